The van der Waals surface area contributed by atoms with Crippen molar-refractivity contribution in [2.45, 2.75) is 38.3 Å². The van der Waals surface area contributed by atoms with E-state index in [1.165, 1.54) is 23.8 Å². The molecule has 0 bridgehead atoms. The van der Waals surface area contributed by atoms with Gasteiger partial charge in [-0.25, -0.2) is 4.39 Å². The number of aliphatic hydroxyl groups is 1. The molecule has 2 aromatic carbocycles. The topological polar surface area (TPSA) is 43.8 Å². The quantitative estimate of drug-likeness (QED) is 0.762. The number of nitrogens with zero attached hydrogens (tertiary/aromatic N) is 2. The summed E-state index contributed by atoms with van der Waals surface area (Å²) in [7, 11) is 1.80. The Hall–Kier alpha value is -1.95. The first-order valence-corrected chi connectivity index (χ1v) is 10.9. The van der Waals surface area contributed by atoms with Crippen LogP contribution in [0.4, 0.5) is 4.39 Å². The molecule has 2 aliphatic rings. The van der Waals surface area contributed by atoms with Crippen LogP contribution in [0, 0.1) is 18.2 Å². The maximum absolute atomic E-state index is 13.6. The van der Waals surface area contributed by atoms with Crippen LogP contribution >= 0.6 is 11.6 Å². The molecule has 160 valence electrons. The zero-order valence-electron chi connectivity index (χ0n) is 17.4. The van der Waals surface area contributed by atoms with Gasteiger partial charge in [-0.05, 0) is 68.5 Å². The lowest BCUT2D eigenvalue weighted by molar-refractivity contribution is 0.0671. The fourth-order valence-corrected chi connectivity index (χ4v) is 4.97. The number of hydrogen-bond acceptors (Lipinski definition) is 3. The van der Waals surface area contributed by atoms with Crippen molar-refractivity contribution in [3.8, 4) is 0 Å². The van der Waals surface area contributed by atoms with Crippen LogP contribution in [0.5, 0.6) is 0 Å². The molecule has 4 rings (SSSR count). The van der Waals surface area contributed by atoms with Crippen LogP contribution in [-0.2, 0) is 0 Å². The maximum Gasteiger partial charge on any atom is 0.254 e. The van der Waals surface area contributed by atoms with E-state index in [9.17, 15) is 14.3 Å². The predicted molar refractivity (Wildman–Crippen MR) is 116 cm³/mol. The van der Waals surface area contributed by atoms with Crippen LogP contribution in [0.25, 0.3) is 0 Å². The number of β-amino-alcohol motifs (C(OH)–C–C–N with tert-alkyl or cyclic N) is 1. The zero-order valence-corrected chi connectivity index (χ0v) is 18.2. The predicted octanol–water partition coefficient (Wildman–Crippen LogP) is 4.45. The second kappa shape index (κ2) is 8.29. The Labute approximate surface area is 182 Å². The zero-order chi connectivity index (χ0) is 21.5. The minimum Gasteiger partial charge on any atom is -0.387 e. The summed E-state index contributed by atoms with van der Waals surface area (Å²) in [4.78, 5) is 16.9. The number of amides is 1. The van der Waals surface area contributed by atoms with Crippen molar-refractivity contribution in [1.29, 1.82) is 0 Å². The van der Waals surface area contributed by atoms with Gasteiger partial charge in [0.25, 0.3) is 5.91 Å². The molecule has 1 saturated heterocycles. The molecule has 1 N–H and O–H groups in total. The first-order valence-electron chi connectivity index (χ1n) is 10.5. The number of halogens is 2. The summed E-state index contributed by atoms with van der Waals surface area (Å²) in [5, 5.41) is 10.8. The van der Waals surface area contributed by atoms with Gasteiger partial charge in [0.1, 0.15) is 5.82 Å². The van der Waals surface area contributed by atoms with Crippen LogP contribution in [0.15, 0.2) is 42.5 Å². The summed E-state index contributed by atoms with van der Waals surface area (Å²) in [6.07, 6.45) is 2.49. The van der Waals surface area contributed by atoms with Crippen molar-refractivity contribution in [3.05, 3.63) is 70.0 Å². The number of rotatable bonds is 5. The lowest BCUT2D eigenvalue weighted by Crippen LogP contribution is -2.41. The molecular formula is C24H28ClFN2O2. The first-order chi connectivity index (χ1) is 14.3. The third-order valence-corrected chi connectivity index (χ3v) is 7.01. The highest BCUT2D eigenvalue weighted by molar-refractivity contribution is 6.31. The molecule has 1 aliphatic carbocycles. The molecule has 1 aliphatic heterocycles. The van der Waals surface area contributed by atoms with Gasteiger partial charge in [-0.1, -0.05) is 41.4 Å². The van der Waals surface area contributed by atoms with Crippen molar-refractivity contribution >= 4 is 17.5 Å². The molecular weight excluding hydrogens is 403 g/mol. The van der Waals surface area contributed by atoms with E-state index in [2.05, 4.69) is 4.90 Å². The molecule has 2 fully saturated rings. The number of likely N-dealkylation sites (tertiary alicyclic amines) is 1. The van der Waals surface area contributed by atoms with E-state index in [0.29, 0.717) is 12.1 Å². The van der Waals surface area contributed by atoms with Crippen molar-refractivity contribution in [2.75, 3.05) is 26.7 Å². The van der Waals surface area contributed by atoms with Gasteiger partial charge in [-0.2, -0.15) is 0 Å². The summed E-state index contributed by atoms with van der Waals surface area (Å²) in [5.74, 6) is -0.680. The average molecular weight is 431 g/mol. The molecule has 2 unspecified atom stereocenters. The normalized spacial score (nSPS) is 21.4. The van der Waals surface area contributed by atoms with E-state index in [4.69, 9.17) is 11.6 Å². The molecule has 2 aromatic rings. The van der Waals surface area contributed by atoms with Crippen molar-refractivity contribution in [2.24, 2.45) is 5.41 Å². The molecule has 1 heterocycles. The first kappa shape index (κ1) is 21.3. The monoisotopic (exact) mass is 430 g/mol. The number of carbonyl (C=O) groups excluding carboxylic acids is 1. The Morgan fingerprint density at radius 1 is 1.27 bits per heavy atom. The summed E-state index contributed by atoms with van der Waals surface area (Å²) >= 11 is 5.91. The van der Waals surface area contributed by atoms with E-state index in [1.54, 1.807) is 11.9 Å². The molecule has 0 aromatic heterocycles. The van der Waals surface area contributed by atoms with Crippen molar-refractivity contribution in [3.63, 3.8) is 0 Å². The summed E-state index contributed by atoms with van der Waals surface area (Å²) < 4.78 is 13.6. The molecule has 30 heavy (non-hydrogen) atoms. The Bertz CT molecular complexity index is 905. The average Bonchev–Trinajstić information content (AvgIpc) is 3.42. The molecule has 1 spiro atoms. The van der Waals surface area contributed by atoms with Gasteiger partial charge >= 0.3 is 0 Å². The Morgan fingerprint density at radius 2 is 1.93 bits per heavy atom. The van der Waals surface area contributed by atoms with Crippen molar-refractivity contribution in [1.82, 2.24) is 9.80 Å². The highest BCUT2D eigenvalue weighted by atomic mass is 35.5. The second-order valence-electron chi connectivity index (χ2n) is 8.88. The van der Waals surface area contributed by atoms with E-state index in [-0.39, 0.29) is 22.4 Å². The fourth-order valence-electron chi connectivity index (χ4n) is 4.75. The number of aryl methyl sites for hydroxylation is 1. The standard InChI is InChI=1S/C24H28ClFN2O2/c1-16-3-5-17(6-4-16)21(29)15-28-9-7-24(8-10-28)14-22(24)27(2)23(30)18-11-19(25)13-20(26)12-18/h3-6,11-13,21-22,29H,7-10,14-15H2,1-2H3. The highest BCUT2D eigenvalue weighted by Gasteiger charge is 2.57. The van der Waals surface area contributed by atoms with E-state index >= 15 is 0 Å². The lowest BCUT2D eigenvalue weighted by Gasteiger charge is -2.35. The molecule has 1 saturated carbocycles. The smallest absolute Gasteiger partial charge is 0.254 e. The van der Waals surface area contributed by atoms with Crippen LogP contribution in [0.2, 0.25) is 5.02 Å². The fraction of sp³-hybridized carbons (Fsp3) is 0.458. The highest BCUT2D eigenvalue weighted by Crippen LogP contribution is 2.56. The molecule has 4 nitrogen and oxygen atoms in total. The second-order valence-corrected chi connectivity index (χ2v) is 9.32. The lowest BCUT2D eigenvalue weighted by atomic mass is 9.91. The molecule has 6 heteroatoms. The third kappa shape index (κ3) is 4.39. The SMILES string of the molecule is Cc1ccc(C(O)CN2CCC3(CC2)CC3N(C)C(=O)c2cc(F)cc(Cl)c2)cc1. The van der Waals surface area contributed by atoms with Gasteiger partial charge in [0, 0.05) is 30.2 Å². The Kier molecular flexibility index (Phi) is 5.88. The summed E-state index contributed by atoms with van der Waals surface area (Å²) in [5.41, 5.74) is 2.57. The van der Waals surface area contributed by atoms with Crippen molar-refractivity contribution < 1.29 is 14.3 Å². The summed E-state index contributed by atoms with van der Waals surface area (Å²) in [6, 6.07) is 12.2. The van der Waals surface area contributed by atoms with Gasteiger partial charge in [-0.15, -0.1) is 0 Å². The molecule has 1 amide bonds. The van der Waals surface area contributed by atoms with Gasteiger partial charge in [0.2, 0.25) is 0 Å². The third-order valence-electron chi connectivity index (χ3n) is 6.79. The minimum atomic E-state index is -0.495. The maximum atomic E-state index is 13.6. The van der Waals surface area contributed by atoms with E-state index in [1.807, 2.05) is 31.2 Å². The van der Waals surface area contributed by atoms with Crippen LogP contribution in [0.3, 0.4) is 0 Å². The minimum absolute atomic E-state index is 0.146. The molecule has 2 atom stereocenters. The number of piperidine rings is 1. The Balaban J connectivity index is 1.32. The number of hydrogen-bond donors (Lipinski definition) is 1. The van der Waals surface area contributed by atoms with Gasteiger partial charge < -0.3 is 14.9 Å². The number of aliphatic hydroxyl groups excluding tert-OH is 1. The molecule has 0 radical (unpaired) electrons. The number of carbonyl (C=O) groups is 1. The van der Waals surface area contributed by atoms with Crippen LogP contribution < -0.4 is 0 Å². The summed E-state index contributed by atoms with van der Waals surface area (Å²) in [6.45, 7) is 4.48. The van der Waals surface area contributed by atoms with E-state index in [0.717, 1.165) is 37.9 Å². The van der Waals surface area contributed by atoms with Gasteiger partial charge in [-0.3, -0.25) is 4.79 Å². The Morgan fingerprint density at radius 3 is 2.57 bits per heavy atom. The van der Waals surface area contributed by atoms with Gasteiger partial charge in [0.15, 0.2) is 0 Å². The van der Waals surface area contributed by atoms with Crippen LogP contribution in [0.1, 0.15) is 46.9 Å². The van der Waals surface area contributed by atoms with E-state index < -0.39 is 11.9 Å². The largest absolute Gasteiger partial charge is 0.387 e. The van der Waals surface area contributed by atoms with Gasteiger partial charge in [0.05, 0.1) is 6.10 Å². The number of benzene rings is 2. The van der Waals surface area contributed by atoms with Crippen LogP contribution in [-0.4, -0.2) is 53.5 Å².